The van der Waals surface area contributed by atoms with E-state index in [-0.39, 0.29) is 0 Å². The molecular formula is C17H15NO2. The van der Waals surface area contributed by atoms with E-state index in [1.807, 2.05) is 55.5 Å². The second-order valence-corrected chi connectivity index (χ2v) is 4.57. The van der Waals surface area contributed by atoms with Crippen LogP contribution < -0.4 is 9.47 Å². The van der Waals surface area contributed by atoms with Gasteiger partial charge in [-0.1, -0.05) is 18.2 Å². The van der Waals surface area contributed by atoms with Crippen LogP contribution in [0.5, 0.6) is 17.4 Å². The molecule has 1 heterocycles. The summed E-state index contributed by atoms with van der Waals surface area (Å²) in [7, 11) is 1.68. The summed E-state index contributed by atoms with van der Waals surface area (Å²) in [6, 6.07) is 15.7. The second kappa shape index (κ2) is 5.21. The van der Waals surface area contributed by atoms with Gasteiger partial charge in [-0.05, 0) is 48.2 Å². The molecule has 2 aromatic carbocycles. The van der Waals surface area contributed by atoms with Gasteiger partial charge in [0.05, 0.1) is 7.11 Å². The van der Waals surface area contributed by atoms with Crippen LogP contribution in [0.25, 0.3) is 10.8 Å². The molecule has 100 valence electrons. The number of hydrogen-bond donors (Lipinski definition) is 0. The Labute approximate surface area is 117 Å². The normalized spacial score (nSPS) is 10.5. The highest BCUT2D eigenvalue weighted by Gasteiger charge is 2.08. The van der Waals surface area contributed by atoms with Crippen LogP contribution in [0.3, 0.4) is 0 Å². The number of aromatic nitrogens is 1. The molecule has 3 rings (SSSR count). The zero-order chi connectivity index (χ0) is 13.9. The van der Waals surface area contributed by atoms with E-state index in [0.717, 1.165) is 27.8 Å². The minimum atomic E-state index is 0.611. The van der Waals surface area contributed by atoms with E-state index in [4.69, 9.17) is 9.47 Å². The number of benzene rings is 2. The molecule has 0 saturated heterocycles. The van der Waals surface area contributed by atoms with E-state index in [0.29, 0.717) is 5.88 Å². The van der Waals surface area contributed by atoms with E-state index in [1.54, 1.807) is 13.3 Å². The van der Waals surface area contributed by atoms with Crippen LogP contribution in [0.2, 0.25) is 0 Å². The van der Waals surface area contributed by atoms with Gasteiger partial charge in [0.1, 0.15) is 11.5 Å². The molecule has 0 amide bonds. The summed E-state index contributed by atoms with van der Waals surface area (Å²) in [4.78, 5) is 4.34. The molecule has 0 unspecified atom stereocenters. The van der Waals surface area contributed by atoms with Crippen molar-refractivity contribution < 1.29 is 9.47 Å². The first-order valence-corrected chi connectivity index (χ1v) is 6.44. The molecule has 0 N–H and O–H groups in total. The lowest BCUT2D eigenvalue weighted by Crippen LogP contribution is -1.92. The molecular weight excluding hydrogens is 250 g/mol. The number of pyridine rings is 1. The van der Waals surface area contributed by atoms with Gasteiger partial charge in [-0.2, -0.15) is 0 Å². The van der Waals surface area contributed by atoms with Gasteiger partial charge in [0.15, 0.2) is 0 Å². The highest BCUT2D eigenvalue weighted by molar-refractivity contribution is 5.89. The Morgan fingerprint density at radius 3 is 2.55 bits per heavy atom. The van der Waals surface area contributed by atoms with Crippen LogP contribution >= 0.6 is 0 Å². The summed E-state index contributed by atoms with van der Waals surface area (Å²) in [6.45, 7) is 2.01. The lowest BCUT2D eigenvalue weighted by Gasteiger charge is -2.10. The summed E-state index contributed by atoms with van der Waals surface area (Å²) < 4.78 is 11.2. The fourth-order valence-corrected chi connectivity index (χ4v) is 2.18. The Kier molecular flexibility index (Phi) is 3.25. The van der Waals surface area contributed by atoms with E-state index >= 15 is 0 Å². The number of aryl methyl sites for hydroxylation is 1. The van der Waals surface area contributed by atoms with Gasteiger partial charge in [-0.25, -0.2) is 4.98 Å². The maximum Gasteiger partial charge on any atom is 0.227 e. The van der Waals surface area contributed by atoms with Crippen LogP contribution in [0.15, 0.2) is 54.7 Å². The fraction of sp³-hybridized carbons (Fsp3) is 0.118. The molecule has 0 bridgehead atoms. The maximum atomic E-state index is 5.87. The van der Waals surface area contributed by atoms with Crippen LogP contribution in [0.4, 0.5) is 0 Å². The van der Waals surface area contributed by atoms with Crippen molar-refractivity contribution in [2.24, 2.45) is 0 Å². The van der Waals surface area contributed by atoms with Crippen molar-refractivity contribution in [3.8, 4) is 17.4 Å². The van der Waals surface area contributed by atoms with Gasteiger partial charge in [0, 0.05) is 11.6 Å². The van der Waals surface area contributed by atoms with Crippen molar-refractivity contribution in [1.82, 2.24) is 4.98 Å². The third-order valence-electron chi connectivity index (χ3n) is 3.20. The molecule has 3 aromatic rings. The predicted octanol–water partition coefficient (Wildman–Crippen LogP) is 4.34. The van der Waals surface area contributed by atoms with Gasteiger partial charge in [-0.3, -0.25) is 0 Å². The lowest BCUT2D eigenvalue weighted by molar-refractivity contribution is 0.412. The summed E-state index contributed by atoms with van der Waals surface area (Å²) in [6.07, 6.45) is 1.75. The van der Waals surface area contributed by atoms with Gasteiger partial charge in [-0.15, -0.1) is 0 Å². The number of hydrogen-bond acceptors (Lipinski definition) is 3. The predicted molar refractivity (Wildman–Crippen MR) is 79.5 cm³/mol. The molecule has 20 heavy (non-hydrogen) atoms. The largest absolute Gasteiger partial charge is 0.496 e. The summed E-state index contributed by atoms with van der Waals surface area (Å²) >= 11 is 0. The fourth-order valence-electron chi connectivity index (χ4n) is 2.18. The zero-order valence-corrected chi connectivity index (χ0v) is 11.5. The zero-order valence-electron chi connectivity index (χ0n) is 11.5. The molecule has 0 radical (unpaired) electrons. The maximum absolute atomic E-state index is 5.87. The molecule has 3 heteroatoms. The van der Waals surface area contributed by atoms with Crippen molar-refractivity contribution in [1.29, 1.82) is 0 Å². The van der Waals surface area contributed by atoms with Crippen molar-refractivity contribution in [2.75, 3.05) is 7.11 Å². The third-order valence-corrected chi connectivity index (χ3v) is 3.20. The molecule has 0 saturated carbocycles. The second-order valence-electron chi connectivity index (χ2n) is 4.57. The Morgan fingerprint density at radius 1 is 1.00 bits per heavy atom. The van der Waals surface area contributed by atoms with E-state index in [2.05, 4.69) is 4.98 Å². The summed E-state index contributed by atoms with van der Waals surface area (Å²) in [5.74, 6) is 2.26. The van der Waals surface area contributed by atoms with Crippen molar-refractivity contribution in [3.63, 3.8) is 0 Å². The van der Waals surface area contributed by atoms with Crippen LogP contribution in [0.1, 0.15) is 5.56 Å². The van der Waals surface area contributed by atoms with Gasteiger partial charge in [0.2, 0.25) is 5.88 Å². The number of fused-ring (bicyclic) bond motifs is 1. The van der Waals surface area contributed by atoms with Crippen LogP contribution in [-0.2, 0) is 0 Å². The number of nitrogens with zero attached hydrogens (tertiary/aromatic N) is 1. The molecule has 0 fully saturated rings. The summed E-state index contributed by atoms with van der Waals surface area (Å²) in [5.41, 5.74) is 1.06. The number of methoxy groups -OCH3 is 1. The Bertz CT molecular complexity index is 739. The molecule has 1 aromatic heterocycles. The first kappa shape index (κ1) is 12.5. The Morgan fingerprint density at radius 2 is 1.80 bits per heavy atom. The summed E-state index contributed by atoms with van der Waals surface area (Å²) in [5, 5.41) is 2.03. The van der Waals surface area contributed by atoms with Crippen molar-refractivity contribution in [2.45, 2.75) is 6.92 Å². The van der Waals surface area contributed by atoms with Gasteiger partial charge < -0.3 is 9.47 Å². The SMILES string of the molecule is COc1cc2ccnc(Oc3ccccc3)c2cc1C. The minimum Gasteiger partial charge on any atom is -0.496 e. The average Bonchev–Trinajstić information content (AvgIpc) is 2.48. The molecule has 0 aliphatic rings. The molecule has 0 spiro atoms. The third kappa shape index (κ3) is 2.30. The quantitative estimate of drug-likeness (QED) is 0.705. The van der Waals surface area contributed by atoms with Crippen molar-refractivity contribution in [3.05, 3.63) is 60.3 Å². The Hall–Kier alpha value is -2.55. The van der Waals surface area contributed by atoms with Crippen LogP contribution in [0, 0.1) is 6.92 Å². The number of ether oxygens (including phenoxy) is 2. The Balaban J connectivity index is 2.09. The average molecular weight is 265 g/mol. The van der Waals surface area contributed by atoms with E-state index in [1.165, 1.54) is 0 Å². The standard InChI is InChI=1S/C17H15NO2/c1-12-10-15-13(11-16(12)19-2)8-9-18-17(15)20-14-6-4-3-5-7-14/h3-11H,1-2H3. The minimum absolute atomic E-state index is 0.611. The molecule has 0 atom stereocenters. The van der Waals surface area contributed by atoms with E-state index in [9.17, 15) is 0 Å². The highest BCUT2D eigenvalue weighted by atomic mass is 16.5. The smallest absolute Gasteiger partial charge is 0.227 e. The topological polar surface area (TPSA) is 31.4 Å². The highest BCUT2D eigenvalue weighted by Crippen LogP contribution is 2.32. The number of rotatable bonds is 3. The lowest BCUT2D eigenvalue weighted by atomic mass is 10.1. The molecule has 0 aliphatic heterocycles. The first-order chi connectivity index (χ1) is 9.78. The van der Waals surface area contributed by atoms with E-state index < -0.39 is 0 Å². The van der Waals surface area contributed by atoms with Crippen molar-refractivity contribution >= 4 is 10.8 Å². The molecule has 3 nitrogen and oxygen atoms in total. The molecule has 0 aliphatic carbocycles. The first-order valence-electron chi connectivity index (χ1n) is 6.44. The monoisotopic (exact) mass is 265 g/mol. The van der Waals surface area contributed by atoms with Gasteiger partial charge in [0.25, 0.3) is 0 Å². The number of para-hydroxylation sites is 1. The van der Waals surface area contributed by atoms with Crippen LogP contribution in [-0.4, -0.2) is 12.1 Å². The van der Waals surface area contributed by atoms with Gasteiger partial charge >= 0.3 is 0 Å².